The highest BCUT2D eigenvalue weighted by atomic mass is 35.5. The smallest absolute Gasteiger partial charge is 0.271 e. The lowest BCUT2D eigenvalue weighted by Gasteiger charge is -2.10. The summed E-state index contributed by atoms with van der Waals surface area (Å²) in [6.07, 6.45) is 3.66. The minimum absolute atomic E-state index is 0.135. The summed E-state index contributed by atoms with van der Waals surface area (Å²) in [5.74, 6) is -0.208. The second-order valence-corrected chi connectivity index (χ2v) is 4.22. The number of nitrogens with zero attached hydrogens (tertiary/aromatic N) is 2. The van der Waals surface area contributed by atoms with Crippen molar-refractivity contribution in [3.05, 3.63) is 16.9 Å². The Kier molecular flexibility index (Phi) is 3.46. The van der Waals surface area contributed by atoms with Gasteiger partial charge in [0.15, 0.2) is 0 Å². The van der Waals surface area contributed by atoms with Gasteiger partial charge in [0.1, 0.15) is 5.69 Å². The molecule has 1 saturated heterocycles. The van der Waals surface area contributed by atoms with Crippen molar-refractivity contribution in [3.8, 4) is 0 Å². The number of amides is 1. The van der Waals surface area contributed by atoms with Crippen molar-refractivity contribution < 1.29 is 9.53 Å². The Morgan fingerprint density at radius 3 is 3.19 bits per heavy atom. The van der Waals surface area contributed by atoms with Gasteiger partial charge in [-0.2, -0.15) is 5.10 Å². The Bertz CT molecular complexity index is 366. The Balaban J connectivity index is 1.92. The zero-order valence-electron chi connectivity index (χ0n) is 9.07. The van der Waals surface area contributed by atoms with E-state index < -0.39 is 0 Å². The topological polar surface area (TPSA) is 56.2 Å². The van der Waals surface area contributed by atoms with E-state index in [9.17, 15) is 4.79 Å². The van der Waals surface area contributed by atoms with Gasteiger partial charge < -0.3 is 10.1 Å². The van der Waals surface area contributed by atoms with E-state index in [1.54, 1.807) is 7.05 Å². The molecule has 0 unspecified atom stereocenters. The minimum Gasteiger partial charge on any atom is -0.376 e. The summed E-state index contributed by atoms with van der Waals surface area (Å²) in [5, 5.41) is 7.08. The summed E-state index contributed by atoms with van der Waals surface area (Å²) in [4.78, 5) is 11.8. The number of halogens is 1. The summed E-state index contributed by atoms with van der Waals surface area (Å²) in [5.41, 5.74) is 0.389. The van der Waals surface area contributed by atoms with E-state index in [0.717, 1.165) is 19.4 Å². The fraction of sp³-hybridized carbons (Fsp3) is 0.600. The number of hydrogen-bond donors (Lipinski definition) is 1. The lowest BCUT2D eigenvalue weighted by molar-refractivity contribution is 0.0850. The van der Waals surface area contributed by atoms with Gasteiger partial charge in [0.2, 0.25) is 0 Å². The number of ether oxygens (including phenoxy) is 1. The van der Waals surface area contributed by atoms with E-state index >= 15 is 0 Å². The van der Waals surface area contributed by atoms with E-state index in [2.05, 4.69) is 10.4 Å². The summed E-state index contributed by atoms with van der Waals surface area (Å²) < 4.78 is 6.88. The molecule has 0 aliphatic carbocycles. The molecule has 1 N–H and O–H groups in total. The number of hydrogen-bond acceptors (Lipinski definition) is 3. The molecule has 2 rings (SSSR count). The zero-order valence-corrected chi connectivity index (χ0v) is 9.83. The predicted octanol–water partition coefficient (Wildman–Crippen LogP) is 0.982. The molecule has 0 saturated carbocycles. The Morgan fingerprint density at radius 1 is 1.81 bits per heavy atom. The minimum atomic E-state index is -0.208. The molecule has 1 atom stereocenters. The Morgan fingerprint density at radius 2 is 2.62 bits per heavy atom. The zero-order chi connectivity index (χ0) is 11.5. The van der Waals surface area contributed by atoms with Crippen molar-refractivity contribution in [1.82, 2.24) is 15.1 Å². The van der Waals surface area contributed by atoms with Crippen LogP contribution in [0.15, 0.2) is 6.20 Å². The highest BCUT2D eigenvalue weighted by Crippen LogP contribution is 2.14. The predicted molar refractivity (Wildman–Crippen MR) is 59.5 cm³/mol. The van der Waals surface area contributed by atoms with Crippen molar-refractivity contribution in [3.63, 3.8) is 0 Å². The van der Waals surface area contributed by atoms with Crippen LogP contribution in [0, 0.1) is 0 Å². The summed E-state index contributed by atoms with van der Waals surface area (Å²) in [6.45, 7) is 1.31. The van der Waals surface area contributed by atoms with Crippen LogP contribution in [-0.4, -0.2) is 34.9 Å². The standard InChI is InChI=1S/C10H14ClN3O2/c1-14-9(8(11)6-13-14)10(15)12-5-7-3-2-4-16-7/h6-7H,2-5H2,1H3,(H,12,15)/t7-/m0/s1. The summed E-state index contributed by atoms with van der Waals surface area (Å²) >= 11 is 5.86. The van der Waals surface area contributed by atoms with Crippen molar-refractivity contribution in [2.75, 3.05) is 13.2 Å². The van der Waals surface area contributed by atoms with Gasteiger partial charge in [0.25, 0.3) is 5.91 Å². The molecular formula is C10H14ClN3O2. The number of rotatable bonds is 3. The fourth-order valence-electron chi connectivity index (χ4n) is 1.76. The first-order valence-corrected chi connectivity index (χ1v) is 5.63. The Hall–Kier alpha value is -1.07. The van der Waals surface area contributed by atoms with Gasteiger partial charge >= 0.3 is 0 Å². The van der Waals surface area contributed by atoms with Gasteiger partial charge in [-0.25, -0.2) is 0 Å². The van der Waals surface area contributed by atoms with Gasteiger partial charge in [-0.05, 0) is 12.8 Å². The third kappa shape index (κ3) is 2.36. The molecule has 5 nitrogen and oxygen atoms in total. The molecule has 2 heterocycles. The van der Waals surface area contributed by atoms with Crippen LogP contribution in [0.2, 0.25) is 5.02 Å². The third-order valence-electron chi connectivity index (χ3n) is 2.62. The first-order chi connectivity index (χ1) is 7.68. The van der Waals surface area contributed by atoms with Gasteiger partial charge in [-0.15, -0.1) is 0 Å². The molecule has 0 aromatic carbocycles. The number of nitrogens with one attached hydrogen (secondary N) is 1. The number of carbonyl (C=O) groups is 1. The molecule has 1 aromatic rings. The average Bonchev–Trinajstić information content (AvgIpc) is 2.86. The van der Waals surface area contributed by atoms with Crippen LogP contribution in [0.5, 0.6) is 0 Å². The van der Waals surface area contributed by atoms with Crippen molar-refractivity contribution >= 4 is 17.5 Å². The van der Waals surface area contributed by atoms with Crippen LogP contribution in [0.25, 0.3) is 0 Å². The average molecular weight is 244 g/mol. The first-order valence-electron chi connectivity index (χ1n) is 5.26. The van der Waals surface area contributed by atoms with Crippen molar-refractivity contribution in [1.29, 1.82) is 0 Å². The van der Waals surface area contributed by atoms with E-state index in [0.29, 0.717) is 17.3 Å². The third-order valence-corrected chi connectivity index (χ3v) is 2.90. The van der Waals surface area contributed by atoms with Crippen LogP contribution in [0.4, 0.5) is 0 Å². The number of carbonyl (C=O) groups excluding carboxylic acids is 1. The maximum atomic E-state index is 11.8. The van der Waals surface area contributed by atoms with Crippen LogP contribution in [-0.2, 0) is 11.8 Å². The van der Waals surface area contributed by atoms with E-state index in [4.69, 9.17) is 16.3 Å². The van der Waals surface area contributed by atoms with Crippen molar-refractivity contribution in [2.45, 2.75) is 18.9 Å². The van der Waals surface area contributed by atoms with E-state index in [1.165, 1.54) is 10.9 Å². The van der Waals surface area contributed by atoms with Crippen LogP contribution in [0.1, 0.15) is 23.3 Å². The fourth-order valence-corrected chi connectivity index (χ4v) is 2.01. The molecular weight excluding hydrogens is 230 g/mol. The SMILES string of the molecule is Cn1ncc(Cl)c1C(=O)NC[C@@H]1CCCO1. The van der Waals surface area contributed by atoms with Crippen LogP contribution in [0.3, 0.4) is 0 Å². The molecule has 16 heavy (non-hydrogen) atoms. The summed E-state index contributed by atoms with van der Waals surface area (Å²) in [6, 6.07) is 0. The van der Waals surface area contributed by atoms with E-state index in [1.807, 2.05) is 0 Å². The molecule has 0 radical (unpaired) electrons. The highest BCUT2D eigenvalue weighted by Gasteiger charge is 2.19. The second-order valence-electron chi connectivity index (χ2n) is 3.81. The van der Waals surface area contributed by atoms with E-state index in [-0.39, 0.29) is 12.0 Å². The molecule has 1 aliphatic heterocycles. The molecule has 1 amide bonds. The second kappa shape index (κ2) is 4.84. The quantitative estimate of drug-likeness (QED) is 0.861. The van der Waals surface area contributed by atoms with Crippen LogP contribution >= 0.6 is 11.6 Å². The maximum absolute atomic E-state index is 11.8. The van der Waals surface area contributed by atoms with Gasteiger partial charge in [0, 0.05) is 20.2 Å². The molecule has 1 aromatic heterocycles. The first kappa shape index (κ1) is 11.4. The lowest BCUT2D eigenvalue weighted by Crippen LogP contribution is -2.33. The molecule has 0 bridgehead atoms. The largest absolute Gasteiger partial charge is 0.376 e. The monoisotopic (exact) mass is 243 g/mol. The molecule has 0 spiro atoms. The van der Waals surface area contributed by atoms with Gasteiger partial charge in [-0.3, -0.25) is 9.48 Å². The lowest BCUT2D eigenvalue weighted by atomic mass is 10.2. The molecule has 1 aliphatic rings. The molecule has 1 fully saturated rings. The van der Waals surface area contributed by atoms with Gasteiger partial charge in [0.05, 0.1) is 17.3 Å². The molecule has 88 valence electrons. The molecule has 6 heteroatoms. The highest BCUT2D eigenvalue weighted by molar-refractivity contribution is 6.33. The van der Waals surface area contributed by atoms with Crippen molar-refractivity contribution in [2.24, 2.45) is 7.05 Å². The van der Waals surface area contributed by atoms with Gasteiger partial charge in [-0.1, -0.05) is 11.6 Å². The number of aryl methyl sites for hydroxylation is 1. The summed E-state index contributed by atoms with van der Waals surface area (Å²) in [7, 11) is 1.69. The van der Waals surface area contributed by atoms with Crippen LogP contribution < -0.4 is 5.32 Å². The number of aromatic nitrogens is 2. The Labute approximate surface area is 98.7 Å². The maximum Gasteiger partial charge on any atom is 0.271 e. The normalized spacial score (nSPS) is 20.0.